The molecule has 16 bridgehead atoms. The van der Waals surface area contributed by atoms with Crippen molar-refractivity contribution in [3.63, 3.8) is 0 Å². The molecule has 14 fully saturated rings. The first-order valence-electron chi connectivity index (χ1n) is 16.9. The molecule has 0 saturated heterocycles. The summed E-state index contributed by atoms with van der Waals surface area (Å²) in [6.07, 6.45) is 15.6. The van der Waals surface area contributed by atoms with Crippen LogP contribution in [0, 0.1) is 86.3 Å². The maximum Gasteiger partial charge on any atom is 0.394 e. The first kappa shape index (κ1) is 31.4. The summed E-state index contributed by atoms with van der Waals surface area (Å²) >= 11 is 0. The maximum atomic E-state index is 12.2. The molecule has 0 aromatic heterocycles. The largest absolute Gasteiger partial charge is 0.483 e. The zero-order valence-electron chi connectivity index (χ0n) is 26.6. The highest BCUT2D eigenvalue weighted by atomic mass is 32.3. The van der Waals surface area contributed by atoms with Gasteiger partial charge >= 0.3 is 16.4 Å². The predicted molar refractivity (Wildman–Crippen MR) is 161 cm³/mol. The Hall–Kier alpha value is -1.23. The van der Waals surface area contributed by atoms with Gasteiger partial charge in [-0.2, -0.15) is 8.42 Å². The fraction of sp³-hybridized carbons (Fsp3) is 0.941. The average molecular weight is 637 g/mol. The molecule has 0 spiro atoms. The summed E-state index contributed by atoms with van der Waals surface area (Å²) in [4.78, 5) is 20.6. The molecule has 14 saturated carbocycles. The molecule has 0 aliphatic heterocycles. The standard InChI is InChI=1S/C17H24O2.C16H24O.CH2O2.H2O4S/c1-15-3-9-10-4-16(2)5-11(9)13(7-15)17(8-16,14(18)19)12(10)6-15;1-14-3-9-10-4-15(2)5-11(9)13(7-14)16(17,8-15)12(10)6-14;2-1-3;1-5(2,3)4/h9-13H,3-8H2,1-2H3,(H,18,19);9-13,17H,3-8H2,1-2H3;1H,(H,2,3);(H2,1,2,3,4). The second-order valence-electron chi connectivity index (χ2n) is 18.9. The van der Waals surface area contributed by atoms with Crippen LogP contribution in [-0.2, 0) is 20.0 Å². The Morgan fingerprint density at radius 1 is 0.614 bits per heavy atom. The van der Waals surface area contributed by atoms with Gasteiger partial charge in [0.05, 0.1) is 11.0 Å². The van der Waals surface area contributed by atoms with Crippen LogP contribution in [0.15, 0.2) is 0 Å². The van der Waals surface area contributed by atoms with Gasteiger partial charge in [-0.05, 0) is 158 Å². The fourth-order valence-corrected chi connectivity index (χ4v) is 15.8. The van der Waals surface area contributed by atoms with Gasteiger partial charge in [0.25, 0.3) is 6.47 Å². The van der Waals surface area contributed by atoms with E-state index in [1.54, 1.807) is 0 Å². The molecule has 10 heteroatoms. The van der Waals surface area contributed by atoms with Gasteiger partial charge in [-0.3, -0.25) is 18.7 Å². The molecule has 0 radical (unpaired) electrons. The topological polar surface area (TPSA) is 169 Å². The number of carbonyl (C=O) groups is 2. The van der Waals surface area contributed by atoms with Gasteiger partial charge in [-0.15, -0.1) is 0 Å². The van der Waals surface area contributed by atoms with Crippen LogP contribution >= 0.6 is 0 Å². The van der Waals surface area contributed by atoms with Gasteiger partial charge in [-0.25, -0.2) is 0 Å². The number of aliphatic carboxylic acids is 1. The molecule has 248 valence electrons. The average Bonchev–Trinajstić information content (AvgIpc) is 2.87. The highest BCUT2D eigenvalue weighted by Gasteiger charge is 2.77. The van der Waals surface area contributed by atoms with E-state index in [1.807, 2.05) is 0 Å². The van der Waals surface area contributed by atoms with Gasteiger partial charge < -0.3 is 15.3 Å². The van der Waals surface area contributed by atoms with Gasteiger partial charge in [0, 0.05) is 0 Å². The zero-order valence-corrected chi connectivity index (χ0v) is 27.4. The summed E-state index contributed by atoms with van der Waals surface area (Å²) in [5.41, 5.74) is 1.37. The van der Waals surface area contributed by atoms with Crippen LogP contribution in [0.2, 0.25) is 0 Å². The Morgan fingerprint density at radius 2 is 0.909 bits per heavy atom. The third kappa shape index (κ3) is 4.28. The summed E-state index contributed by atoms with van der Waals surface area (Å²) in [5.74, 6) is 7.08. The molecule has 0 aromatic rings. The van der Waals surface area contributed by atoms with Crippen LogP contribution in [0.5, 0.6) is 0 Å². The van der Waals surface area contributed by atoms with Crippen LogP contribution in [0.3, 0.4) is 0 Å². The van der Waals surface area contributed by atoms with Crippen molar-refractivity contribution < 1.29 is 42.4 Å². The maximum absolute atomic E-state index is 12.2. The number of rotatable bonds is 1. The first-order valence-corrected chi connectivity index (χ1v) is 18.3. The van der Waals surface area contributed by atoms with Gasteiger partial charge in [0.1, 0.15) is 0 Å². The molecule has 0 heterocycles. The molecule has 8 atom stereocenters. The molecule has 14 aliphatic rings. The number of hydrogen-bond acceptors (Lipinski definition) is 5. The number of carboxylic acid groups (broad SMARTS) is 2. The molecule has 44 heavy (non-hydrogen) atoms. The van der Waals surface area contributed by atoms with Gasteiger partial charge in [0.15, 0.2) is 0 Å². The smallest absolute Gasteiger partial charge is 0.394 e. The minimum atomic E-state index is -4.67. The van der Waals surface area contributed by atoms with Crippen molar-refractivity contribution in [2.24, 2.45) is 86.3 Å². The lowest BCUT2D eigenvalue weighted by atomic mass is 9.26. The summed E-state index contributed by atoms with van der Waals surface area (Å²) in [5, 5.41) is 28.3. The Bertz CT molecular complexity index is 1300. The lowest BCUT2D eigenvalue weighted by molar-refractivity contribution is -0.321. The van der Waals surface area contributed by atoms with E-state index in [-0.39, 0.29) is 17.5 Å². The molecule has 9 nitrogen and oxygen atoms in total. The quantitative estimate of drug-likeness (QED) is 0.176. The molecule has 14 rings (SSSR count). The SMILES string of the molecule is CC12CC3C4CC5(C)CC3C(C1)C(C(=O)O)(C5)C4C2.CC12CC3C4CC5(C)CC3C(C1)C(O)(C5)C4C2.O=CO.O=S(=O)(O)O. The van der Waals surface area contributed by atoms with E-state index in [4.69, 9.17) is 27.4 Å². The molecule has 0 aromatic carbocycles. The Balaban J connectivity index is 0.000000116. The summed E-state index contributed by atoms with van der Waals surface area (Å²) < 4.78 is 31.6. The minimum absolute atomic E-state index is 0.239. The number of hydrogen-bond donors (Lipinski definition) is 5. The van der Waals surface area contributed by atoms with E-state index in [1.165, 1.54) is 64.2 Å². The van der Waals surface area contributed by atoms with Crippen molar-refractivity contribution in [1.29, 1.82) is 0 Å². The van der Waals surface area contributed by atoms with E-state index >= 15 is 0 Å². The molecular formula is C34H52O9S. The normalized spacial score (nSPS) is 59.7. The second kappa shape index (κ2) is 9.22. The summed E-state index contributed by atoms with van der Waals surface area (Å²) in [6.45, 7) is 9.55. The van der Waals surface area contributed by atoms with Crippen molar-refractivity contribution in [3.05, 3.63) is 0 Å². The Labute approximate surface area is 261 Å². The van der Waals surface area contributed by atoms with Crippen molar-refractivity contribution in [2.45, 2.75) is 110 Å². The van der Waals surface area contributed by atoms with Crippen molar-refractivity contribution in [2.75, 3.05) is 0 Å². The highest BCUT2D eigenvalue weighted by molar-refractivity contribution is 7.79. The van der Waals surface area contributed by atoms with Crippen LogP contribution in [0.25, 0.3) is 0 Å². The lowest BCUT2D eigenvalue weighted by Gasteiger charge is -2.77. The summed E-state index contributed by atoms with van der Waals surface area (Å²) in [7, 11) is -4.67. The van der Waals surface area contributed by atoms with Gasteiger partial charge in [0.2, 0.25) is 0 Å². The third-order valence-electron chi connectivity index (χ3n) is 15.9. The molecule has 14 aliphatic carbocycles. The van der Waals surface area contributed by atoms with Gasteiger partial charge in [-0.1, -0.05) is 27.7 Å². The molecule has 8 unspecified atom stereocenters. The molecule has 0 amide bonds. The van der Waals surface area contributed by atoms with E-state index in [2.05, 4.69) is 27.7 Å². The minimum Gasteiger partial charge on any atom is -0.483 e. The van der Waals surface area contributed by atoms with Crippen LogP contribution < -0.4 is 0 Å². The first-order chi connectivity index (χ1) is 20.2. The molecular weight excluding hydrogens is 584 g/mol. The van der Waals surface area contributed by atoms with Crippen LogP contribution in [-0.4, -0.2) is 50.9 Å². The monoisotopic (exact) mass is 636 g/mol. The van der Waals surface area contributed by atoms with Crippen LogP contribution in [0.1, 0.15) is 105 Å². The van der Waals surface area contributed by atoms with E-state index < -0.39 is 16.4 Å². The second-order valence-corrected chi connectivity index (χ2v) is 19.8. The van der Waals surface area contributed by atoms with E-state index in [0.717, 1.165) is 48.3 Å². The Kier molecular flexibility index (Phi) is 6.58. The lowest BCUT2D eigenvalue weighted by Crippen LogP contribution is -2.74. The van der Waals surface area contributed by atoms with Crippen molar-refractivity contribution in [1.82, 2.24) is 0 Å². The van der Waals surface area contributed by atoms with Crippen molar-refractivity contribution in [3.8, 4) is 0 Å². The predicted octanol–water partition coefficient (Wildman–Crippen LogP) is 5.83. The highest BCUT2D eigenvalue weighted by Crippen LogP contribution is 2.81. The zero-order chi connectivity index (χ0) is 32.0. The van der Waals surface area contributed by atoms with Crippen molar-refractivity contribution >= 4 is 22.8 Å². The Morgan fingerprint density at radius 3 is 1.27 bits per heavy atom. The third-order valence-corrected chi connectivity index (χ3v) is 15.9. The van der Waals surface area contributed by atoms with E-state index in [0.29, 0.717) is 45.3 Å². The van der Waals surface area contributed by atoms with Crippen LogP contribution in [0.4, 0.5) is 0 Å². The fourth-order valence-electron chi connectivity index (χ4n) is 15.8. The van der Waals surface area contributed by atoms with E-state index in [9.17, 15) is 15.0 Å². The number of carboxylic acids is 1. The number of aliphatic hydroxyl groups is 1. The molecule has 5 N–H and O–H groups in total. The summed E-state index contributed by atoms with van der Waals surface area (Å²) in [6, 6.07) is 0.